The number of hydrogen-bond donors (Lipinski definition) is 0. The normalized spacial score (nSPS) is 35.5. The van der Waals surface area contributed by atoms with Gasteiger partial charge in [-0.15, -0.1) is 6.58 Å². The molecule has 0 bridgehead atoms. The van der Waals surface area contributed by atoms with Gasteiger partial charge >= 0.3 is 0 Å². The molecule has 2 atom stereocenters. The Labute approximate surface area is 71.7 Å². The summed E-state index contributed by atoms with van der Waals surface area (Å²) in [5.74, 6) is 0. The topological polar surface area (TPSA) is 0 Å². The Morgan fingerprint density at radius 1 is 1.36 bits per heavy atom. The molecule has 0 unspecified atom stereocenters. The van der Waals surface area contributed by atoms with Gasteiger partial charge in [0.2, 0.25) is 0 Å². The lowest BCUT2D eigenvalue weighted by atomic mass is 10.2. The van der Waals surface area contributed by atoms with Crippen LogP contribution < -0.4 is 0 Å². The highest BCUT2D eigenvalue weighted by Gasteiger charge is 2.42. The summed E-state index contributed by atoms with van der Waals surface area (Å²) in [6.45, 7) is 11.3. The summed E-state index contributed by atoms with van der Waals surface area (Å²) >= 11 is 0. The van der Waals surface area contributed by atoms with Crippen molar-refractivity contribution in [2.75, 3.05) is 0 Å². The molecule has 0 aromatic heterocycles. The molecule has 0 aliphatic carbocycles. The molecule has 0 aromatic carbocycles. The zero-order valence-corrected chi connectivity index (χ0v) is 9.06. The second-order valence-corrected chi connectivity index (χ2v) is 9.77. The van der Waals surface area contributed by atoms with Gasteiger partial charge in [0.25, 0.3) is 0 Å². The van der Waals surface area contributed by atoms with Gasteiger partial charge in [0, 0.05) is 0 Å². The van der Waals surface area contributed by atoms with Crippen molar-refractivity contribution in [3.8, 4) is 0 Å². The van der Waals surface area contributed by atoms with E-state index in [1.807, 2.05) is 0 Å². The van der Waals surface area contributed by atoms with Crippen molar-refractivity contribution in [3.63, 3.8) is 0 Å². The summed E-state index contributed by atoms with van der Waals surface area (Å²) in [4.78, 5) is 0. The SMILES string of the molecule is C=CC[Si]1(C)[C@H](C)CC[C@H]1C. The molecule has 0 aromatic rings. The minimum absolute atomic E-state index is 0.911. The molecule has 1 saturated heterocycles. The summed E-state index contributed by atoms with van der Waals surface area (Å²) in [6.07, 6.45) is 5.08. The van der Waals surface area contributed by atoms with E-state index in [0.29, 0.717) is 0 Å². The lowest BCUT2D eigenvalue weighted by Crippen LogP contribution is -2.33. The minimum atomic E-state index is -0.911. The van der Waals surface area contributed by atoms with Gasteiger partial charge in [-0.3, -0.25) is 0 Å². The highest BCUT2D eigenvalue weighted by atomic mass is 28.3. The molecule has 64 valence electrons. The third-order valence-electron chi connectivity index (χ3n) is 3.87. The maximum absolute atomic E-state index is 3.87. The fraction of sp³-hybridized carbons (Fsp3) is 0.800. The molecule has 1 heterocycles. The maximum atomic E-state index is 3.87. The van der Waals surface area contributed by atoms with Crippen LogP contribution in [0.15, 0.2) is 12.7 Å². The fourth-order valence-corrected chi connectivity index (χ4v) is 6.41. The maximum Gasteiger partial charge on any atom is 0.0598 e. The highest BCUT2D eigenvalue weighted by Crippen LogP contribution is 2.48. The molecule has 1 fully saturated rings. The summed E-state index contributed by atoms with van der Waals surface area (Å²) in [5, 5.41) is 0. The first-order chi connectivity index (χ1) is 5.11. The van der Waals surface area contributed by atoms with Crippen LogP contribution in [0.2, 0.25) is 23.7 Å². The van der Waals surface area contributed by atoms with Crippen molar-refractivity contribution in [3.05, 3.63) is 12.7 Å². The highest BCUT2D eigenvalue weighted by molar-refractivity contribution is 6.82. The zero-order chi connectivity index (χ0) is 8.48. The fourth-order valence-electron chi connectivity index (χ4n) is 2.36. The van der Waals surface area contributed by atoms with Gasteiger partial charge in [0.15, 0.2) is 0 Å². The molecule has 0 spiro atoms. The van der Waals surface area contributed by atoms with Crippen LogP contribution in [0.25, 0.3) is 0 Å². The average molecular weight is 168 g/mol. The van der Waals surface area contributed by atoms with Crippen molar-refractivity contribution in [2.45, 2.75) is 50.4 Å². The Hall–Kier alpha value is -0.0431. The van der Waals surface area contributed by atoms with Crippen LogP contribution in [0.1, 0.15) is 26.7 Å². The van der Waals surface area contributed by atoms with E-state index < -0.39 is 8.07 Å². The van der Waals surface area contributed by atoms with E-state index >= 15 is 0 Å². The van der Waals surface area contributed by atoms with Crippen LogP contribution in [-0.4, -0.2) is 8.07 Å². The monoisotopic (exact) mass is 168 g/mol. The van der Waals surface area contributed by atoms with Crippen LogP contribution in [0.5, 0.6) is 0 Å². The lowest BCUT2D eigenvalue weighted by molar-refractivity contribution is 0.765. The van der Waals surface area contributed by atoms with E-state index in [2.05, 4.69) is 33.0 Å². The first-order valence-corrected chi connectivity index (χ1v) is 7.58. The first kappa shape index (κ1) is 9.05. The largest absolute Gasteiger partial charge is 0.103 e. The number of hydrogen-bond acceptors (Lipinski definition) is 0. The Balaban J connectivity index is 2.70. The standard InChI is InChI=1S/C10H20Si/c1-5-8-11(4)9(2)6-7-10(11)3/h5,9-10H,1,6-8H2,2-4H3/t9-,10-/m1/s1. The molecular weight excluding hydrogens is 148 g/mol. The quantitative estimate of drug-likeness (QED) is 0.434. The van der Waals surface area contributed by atoms with Gasteiger partial charge < -0.3 is 0 Å². The Kier molecular flexibility index (Phi) is 2.58. The summed E-state index contributed by atoms with van der Waals surface area (Å²) in [5.41, 5.74) is 2.05. The number of allylic oxidation sites excluding steroid dienone is 1. The van der Waals surface area contributed by atoms with E-state index in [9.17, 15) is 0 Å². The second-order valence-electron chi connectivity index (χ2n) is 4.38. The van der Waals surface area contributed by atoms with E-state index in [-0.39, 0.29) is 0 Å². The van der Waals surface area contributed by atoms with Crippen molar-refractivity contribution in [2.24, 2.45) is 0 Å². The van der Waals surface area contributed by atoms with Crippen molar-refractivity contribution in [1.82, 2.24) is 0 Å². The Morgan fingerprint density at radius 2 is 1.82 bits per heavy atom. The molecule has 0 radical (unpaired) electrons. The van der Waals surface area contributed by atoms with Crippen LogP contribution >= 0.6 is 0 Å². The molecule has 0 N–H and O–H groups in total. The molecule has 0 nitrogen and oxygen atoms in total. The smallest absolute Gasteiger partial charge is 0.0598 e. The van der Waals surface area contributed by atoms with Gasteiger partial charge in [-0.25, -0.2) is 0 Å². The van der Waals surface area contributed by atoms with Crippen LogP contribution in [0, 0.1) is 0 Å². The van der Waals surface area contributed by atoms with Crippen LogP contribution in [0.4, 0.5) is 0 Å². The summed E-state index contributed by atoms with van der Waals surface area (Å²) in [6, 6.07) is 1.33. The van der Waals surface area contributed by atoms with Crippen molar-refractivity contribution in [1.29, 1.82) is 0 Å². The molecular formula is C10H20Si. The van der Waals surface area contributed by atoms with Gasteiger partial charge in [-0.05, 0) is 17.1 Å². The summed E-state index contributed by atoms with van der Waals surface area (Å²) < 4.78 is 0. The van der Waals surface area contributed by atoms with Crippen LogP contribution in [0.3, 0.4) is 0 Å². The Bertz CT molecular complexity index is 141. The van der Waals surface area contributed by atoms with Gasteiger partial charge in [0.1, 0.15) is 0 Å². The zero-order valence-electron chi connectivity index (χ0n) is 8.06. The van der Waals surface area contributed by atoms with E-state index in [4.69, 9.17) is 0 Å². The van der Waals surface area contributed by atoms with E-state index in [0.717, 1.165) is 11.1 Å². The average Bonchev–Trinajstić information content (AvgIpc) is 2.19. The molecule has 11 heavy (non-hydrogen) atoms. The van der Waals surface area contributed by atoms with Crippen molar-refractivity contribution < 1.29 is 0 Å². The second kappa shape index (κ2) is 3.14. The molecule has 1 heteroatoms. The molecule has 1 rings (SSSR count). The Morgan fingerprint density at radius 3 is 2.18 bits per heavy atom. The van der Waals surface area contributed by atoms with E-state index in [1.54, 1.807) is 0 Å². The predicted octanol–water partition coefficient (Wildman–Crippen LogP) is 3.83. The molecule has 0 saturated carbocycles. The third kappa shape index (κ3) is 1.44. The van der Waals surface area contributed by atoms with Crippen molar-refractivity contribution >= 4 is 8.07 Å². The molecule has 0 amide bonds. The molecule has 1 aliphatic rings. The summed E-state index contributed by atoms with van der Waals surface area (Å²) in [7, 11) is -0.911. The first-order valence-electron chi connectivity index (χ1n) is 4.72. The minimum Gasteiger partial charge on any atom is -0.103 e. The van der Waals surface area contributed by atoms with Gasteiger partial charge in [-0.2, -0.15) is 0 Å². The predicted molar refractivity (Wildman–Crippen MR) is 54.7 cm³/mol. The molecule has 1 aliphatic heterocycles. The van der Waals surface area contributed by atoms with Crippen LogP contribution in [-0.2, 0) is 0 Å². The third-order valence-corrected chi connectivity index (χ3v) is 10.1. The van der Waals surface area contributed by atoms with E-state index in [1.165, 1.54) is 18.9 Å². The van der Waals surface area contributed by atoms with Gasteiger partial charge in [0.05, 0.1) is 8.07 Å². The number of rotatable bonds is 2. The lowest BCUT2D eigenvalue weighted by Gasteiger charge is -2.30. The van der Waals surface area contributed by atoms with Gasteiger partial charge in [-0.1, -0.05) is 39.3 Å².